The Kier molecular flexibility index (Phi) is 4.86. The molecule has 0 radical (unpaired) electrons. The lowest BCUT2D eigenvalue weighted by atomic mass is 9.85. The Morgan fingerprint density at radius 2 is 1.62 bits per heavy atom. The Morgan fingerprint density at radius 1 is 1.03 bits per heavy atom. The van der Waals surface area contributed by atoms with Crippen LogP contribution in [0.5, 0.6) is 0 Å². The van der Waals surface area contributed by atoms with Crippen molar-refractivity contribution in [2.45, 2.75) is 26.3 Å². The minimum absolute atomic E-state index is 0.00153. The van der Waals surface area contributed by atoms with Crippen molar-refractivity contribution in [2.75, 3.05) is 17.2 Å². The van der Waals surface area contributed by atoms with Crippen molar-refractivity contribution in [1.29, 1.82) is 0 Å². The average molecular weight is 396 g/mol. The van der Waals surface area contributed by atoms with Crippen LogP contribution in [-0.2, 0) is 14.4 Å². The molecule has 1 heterocycles. The van der Waals surface area contributed by atoms with Crippen LogP contribution < -0.4 is 16.0 Å². The molecule has 8 heteroatoms. The van der Waals surface area contributed by atoms with Gasteiger partial charge in [-0.05, 0) is 50.3 Å². The third-order valence-electron chi connectivity index (χ3n) is 5.69. The number of fused-ring (bicyclic) bond motifs is 5. The molecule has 4 unspecified atom stereocenters. The Hall–Kier alpha value is -3.16. The quantitative estimate of drug-likeness (QED) is 0.522. The van der Waals surface area contributed by atoms with Gasteiger partial charge < -0.3 is 16.0 Å². The lowest BCUT2D eigenvalue weighted by molar-refractivity contribution is -0.143. The number of rotatable bonds is 5. The molecule has 3 aliphatic rings. The topological polar surface area (TPSA) is 108 Å². The van der Waals surface area contributed by atoms with Gasteiger partial charge in [0, 0.05) is 17.4 Å². The van der Waals surface area contributed by atoms with Crippen LogP contribution in [0.2, 0.25) is 0 Å². The molecule has 2 bridgehead atoms. The number of likely N-dealkylation sites (tertiary alicyclic amines) is 1. The molecule has 0 aromatic heterocycles. The highest BCUT2D eigenvalue weighted by Gasteiger charge is 2.59. The summed E-state index contributed by atoms with van der Waals surface area (Å²) in [6.07, 6.45) is 4.90. The van der Waals surface area contributed by atoms with Crippen molar-refractivity contribution in [3.63, 3.8) is 0 Å². The number of anilines is 2. The van der Waals surface area contributed by atoms with E-state index in [1.165, 1.54) is 0 Å². The van der Waals surface area contributed by atoms with Gasteiger partial charge in [-0.15, -0.1) is 0 Å². The Bertz CT molecular complexity index is 880. The van der Waals surface area contributed by atoms with Gasteiger partial charge in [-0.25, -0.2) is 4.79 Å². The van der Waals surface area contributed by atoms with Crippen LogP contribution in [0.3, 0.4) is 0 Å². The van der Waals surface area contributed by atoms with Crippen LogP contribution in [0.4, 0.5) is 16.2 Å². The molecule has 4 atom stereocenters. The summed E-state index contributed by atoms with van der Waals surface area (Å²) in [7, 11) is 0. The predicted molar refractivity (Wildman–Crippen MR) is 107 cm³/mol. The summed E-state index contributed by atoms with van der Waals surface area (Å²) in [5.41, 5.74) is 0.991. The standard InChI is InChI=1S/C21H24N4O4/c1-11(2)22-21(29)24-15-5-3-4-14(9-15)23-16(26)10-25-19(27)17-12-6-7-13(8-12)18(17)20(25)28/h3-7,9,11-13,17-18H,8,10H2,1-2H3,(H,23,26)(H2,22,24,29). The van der Waals surface area contributed by atoms with Crippen molar-refractivity contribution in [3.8, 4) is 0 Å². The molecule has 1 aromatic carbocycles. The molecule has 0 spiro atoms. The molecule has 1 aliphatic heterocycles. The minimum Gasteiger partial charge on any atom is -0.336 e. The molecule has 29 heavy (non-hydrogen) atoms. The highest BCUT2D eigenvalue weighted by molar-refractivity contribution is 6.09. The van der Waals surface area contributed by atoms with Gasteiger partial charge in [0.15, 0.2) is 0 Å². The summed E-state index contributed by atoms with van der Waals surface area (Å²) in [6, 6.07) is 6.35. The maximum absolute atomic E-state index is 12.7. The summed E-state index contributed by atoms with van der Waals surface area (Å²) in [4.78, 5) is 50.7. The Balaban J connectivity index is 1.37. The number of nitrogens with zero attached hydrogens (tertiary/aromatic N) is 1. The number of allylic oxidation sites excluding steroid dienone is 2. The molecular weight excluding hydrogens is 372 g/mol. The second-order valence-electron chi connectivity index (χ2n) is 8.14. The fourth-order valence-electron chi connectivity index (χ4n) is 4.57. The van der Waals surface area contributed by atoms with Crippen molar-refractivity contribution < 1.29 is 19.2 Å². The first-order chi connectivity index (χ1) is 13.8. The highest BCUT2D eigenvalue weighted by atomic mass is 16.2. The second-order valence-corrected chi connectivity index (χ2v) is 8.14. The van der Waals surface area contributed by atoms with Crippen molar-refractivity contribution >= 4 is 35.1 Å². The molecule has 4 rings (SSSR count). The number of nitrogens with one attached hydrogen (secondary N) is 3. The van der Waals surface area contributed by atoms with E-state index in [1.54, 1.807) is 24.3 Å². The average Bonchev–Trinajstić information content (AvgIpc) is 3.31. The van der Waals surface area contributed by atoms with E-state index in [1.807, 2.05) is 26.0 Å². The second kappa shape index (κ2) is 7.35. The predicted octanol–water partition coefficient (Wildman–Crippen LogP) is 1.96. The zero-order chi connectivity index (χ0) is 20.7. The van der Waals surface area contributed by atoms with Crippen LogP contribution in [-0.4, -0.2) is 41.2 Å². The van der Waals surface area contributed by atoms with Crippen molar-refractivity contribution in [3.05, 3.63) is 36.4 Å². The van der Waals surface area contributed by atoms with Crippen molar-refractivity contribution in [2.24, 2.45) is 23.7 Å². The number of benzene rings is 1. The van der Waals surface area contributed by atoms with E-state index in [2.05, 4.69) is 16.0 Å². The lowest BCUT2D eigenvalue weighted by Gasteiger charge is -2.17. The van der Waals surface area contributed by atoms with E-state index >= 15 is 0 Å². The van der Waals surface area contributed by atoms with Crippen LogP contribution in [0.25, 0.3) is 0 Å². The molecule has 2 fully saturated rings. The number of carbonyl (C=O) groups excluding carboxylic acids is 4. The fraction of sp³-hybridized carbons (Fsp3) is 0.429. The van der Waals surface area contributed by atoms with Crippen molar-refractivity contribution in [1.82, 2.24) is 10.2 Å². The van der Waals surface area contributed by atoms with Crippen LogP contribution in [0.15, 0.2) is 36.4 Å². The smallest absolute Gasteiger partial charge is 0.319 e. The monoisotopic (exact) mass is 396 g/mol. The van der Waals surface area contributed by atoms with Gasteiger partial charge in [-0.2, -0.15) is 0 Å². The third-order valence-corrected chi connectivity index (χ3v) is 5.69. The molecule has 1 saturated heterocycles. The molecule has 3 N–H and O–H groups in total. The number of amides is 5. The van der Waals surface area contributed by atoms with E-state index in [4.69, 9.17) is 0 Å². The number of urea groups is 1. The van der Waals surface area contributed by atoms with Gasteiger partial charge in [0.2, 0.25) is 17.7 Å². The van der Waals surface area contributed by atoms with Gasteiger partial charge in [-0.1, -0.05) is 18.2 Å². The summed E-state index contributed by atoms with van der Waals surface area (Å²) in [5, 5.41) is 8.10. The molecule has 5 amide bonds. The largest absolute Gasteiger partial charge is 0.336 e. The SMILES string of the molecule is CC(C)NC(=O)Nc1cccc(NC(=O)CN2C(=O)C3C4C=CC(C4)C3C2=O)c1. The van der Waals surface area contributed by atoms with E-state index in [0.717, 1.165) is 11.3 Å². The molecule has 1 aromatic rings. The Morgan fingerprint density at radius 3 is 2.21 bits per heavy atom. The summed E-state index contributed by atoms with van der Waals surface area (Å²) in [6.45, 7) is 3.41. The maximum atomic E-state index is 12.7. The van der Waals surface area contributed by atoms with Gasteiger partial charge in [0.25, 0.3) is 0 Å². The van der Waals surface area contributed by atoms with E-state index in [9.17, 15) is 19.2 Å². The Labute approximate surface area is 168 Å². The zero-order valence-electron chi connectivity index (χ0n) is 16.3. The first kappa shape index (κ1) is 19.2. The molecule has 152 valence electrons. The van der Waals surface area contributed by atoms with E-state index in [0.29, 0.717) is 11.4 Å². The summed E-state index contributed by atoms with van der Waals surface area (Å²) in [5.74, 6) is -1.31. The van der Waals surface area contributed by atoms with Crippen LogP contribution in [0.1, 0.15) is 20.3 Å². The number of imide groups is 1. The van der Waals surface area contributed by atoms with Crippen LogP contribution in [0, 0.1) is 23.7 Å². The summed E-state index contributed by atoms with van der Waals surface area (Å²) < 4.78 is 0. The first-order valence-corrected chi connectivity index (χ1v) is 9.84. The van der Waals surface area contributed by atoms with Gasteiger partial charge >= 0.3 is 6.03 Å². The molecule has 1 saturated carbocycles. The first-order valence-electron chi connectivity index (χ1n) is 9.84. The molecule has 2 aliphatic carbocycles. The number of hydrogen-bond acceptors (Lipinski definition) is 4. The number of hydrogen-bond donors (Lipinski definition) is 3. The lowest BCUT2D eigenvalue weighted by Crippen LogP contribution is -2.39. The molecular formula is C21H24N4O4. The molecule has 8 nitrogen and oxygen atoms in total. The number of carbonyl (C=O) groups is 4. The maximum Gasteiger partial charge on any atom is 0.319 e. The van der Waals surface area contributed by atoms with Gasteiger partial charge in [-0.3, -0.25) is 19.3 Å². The zero-order valence-corrected chi connectivity index (χ0v) is 16.3. The van der Waals surface area contributed by atoms with Gasteiger partial charge in [0.05, 0.1) is 11.8 Å². The fourth-order valence-corrected chi connectivity index (χ4v) is 4.57. The van der Waals surface area contributed by atoms with E-state index in [-0.39, 0.29) is 54.1 Å². The van der Waals surface area contributed by atoms with E-state index < -0.39 is 5.91 Å². The normalized spacial score (nSPS) is 26.8. The minimum atomic E-state index is -0.448. The van der Waals surface area contributed by atoms with Crippen LogP contribution >= 0.6 is 0 Å². The van der Waals surface area contributed by atoms with Gasteiger partial charge in [0.1, 0.15) is 6.54 Å². The summed E-state index contributed by atoms with van der Waals surface area (Å²) >= 11 is 0. The highest BCUT2D eigenvalue weighted by Crippen LogP contribution is 2.52. The third kappa shape index (κ3) is 3.62.